The number of ether oxygens (including phenoxy) is 1. The Labute approximate surface area is 97.5 Å². The molecule has 2 heterocycles. The predicted molar refractivity (Wildman–Crippen MR) is 62.4 cm³/mol. The van der Waals surface area contributed by atoms with Crippen molar-refractivity contribution in [2.24, 2.45) is 0 Å². The fourth-order valence-electron chi connectivity index (χ4n) is 2.53. The third-order valence-corrected chi connectivity index (χ3v) is 3.63. The maximum Gasteiger partial charge on any atom is 0.410 e. The lowest BCUT2D eigenvalue weighted by molar-refractivity contribution is 0.0591. The molecular formula is C12H22N2O2. The average molecular weight is 226 g/mol. The monoisotopic (exact) mass is 226 g/mol. The molecule has 2 rings (SSSR count). The molecule has 0 radical (unpaired) electrons. The number of amides is 1. The number of hydrogen-bond donors (Lipinski definition) is 0. The largest absolute Gasteiger partial charge is 0.449 e. The lowest BCUT2D eigenvalue weighted by atomic mass is 10.0. The molecule has 0 N–H and O–H groups in total. The zero-order valence-electron chi connectivity index (χ0n) is 10.2. The molecule has 16 heavy (non-hydrogen) atoms. The van der Waals surface area contributed by atoms with Gasteiger partial charge in [0.25, 0.3) is 0 Å². The van der Waals surface area contributed by atoms with Crippen LogP contribution in [0.1, 0.15) is 32.1 Å². The molecule has 0 aromatic carbocycles. The van der Waals surface area contributed by atoms with Gasteiger partial charge in [0.2, 0.25) is 0 Å². The molecule has 0 unspecified atom stereocenters. The standard InChI is InChI=1S/C12H22N2O2/c1-13-8-5-11(6-9-13)14-7-3-2-4-10-16-12(14)15/h11H,2-10H2,1H3. The molecule has 2 aliphatic rings. The molecule has 0 atom stereocenters. The maximum absolute atomic E-state index is 11.8. The zero-order chi connectivity index (χ0) is 11.4. The molecular weight excluding hydrogens is 204 g/mol. The van der Waals surface area contributed by atoms with Gasteiger partial charge in [0.1, 0.15) is 0 Å². The van der Waals surface area contributed by atoms with Gasteiger partial charge in [-0.2, -0.15) is 0 Å². The van der Waals surface area contributed by atoms with Crippen LogP contribution < -0.4 is 0 Å². The Hall–Kier alpha value is -0.770. The maximum atomic E-state index is 11.8. The van der Waals surface area contributed by atoms with Gasteiger partial charge >= 0.3 is 6.09 Å². The molecule has 0 aromatic rings. The fourth-order valence-corrected chi connectivity index (χ4v) is 2.53. The molecule has 4 heteroatoms. The summed E-state index contributed by atoms with van der Waals surface area (Å²) in [5, 5.41) is 0. The van der Waals surface area contributed by atoms with Crippen LogP contribution in [0.25, 0.3) is 0 Å². The molecule has 2 fully saturated rings. The number of carbonyl (C=O) groups excluding carboxylic acids is 1. The summed E-state index contributed by atoms with van der Waals surface area (Å²) in [6, 6.07) is 0.404. The van der Waals surface area contributed by atoms with Crippen LogP contribution in [-0.2, 0) is 4.74 Å². The molecule has 2 aliphatic heterocycles. The van der Waals surface area contributed by atoms with Gasteiger partial charge in [-0.15, -0.1) is 0 Å². The van der Waals surface area contributed by atoms with Crippen molar-refractivity contribution in [3.63, 3.8) is 0 Å². The molecule has 0 bridgehead atoms. The van der Waals surface area contributed by atoms with Crippen molar-refractivity contribution >= 4 is 6.09 Å². The Morgan fingerprint density at radius 3 is 2.62 bits per heavy atom. The molecule has 2 saturated heterocycles. The van der Waals surface area contributed by atoms with Gasteiger partial charge in [-0.05, 0) is 52.2 Å². The molecule has 92 valence electrons. The molecule has 1 amide bonds. The van der Waals surface area contributed by atoms with Crippen molar-refractivity contribution in [2.75, 3.05) is 33.3 Å². The van der Waals surface area contributed by atoms with Crippen LogP contribution >= 0.6 is 0 Å². The number of carbonyl (C=O) groups is 1. The third kappa shape index (κ3) is 2.88. The van der Waals surface area contributed by atoms with Crippen molar-refractivity contribution in [3.8, 4) is 0 Å². The number of hydrogen-bond acceptors (Lipinski definition) is 3. The van der Waals surface area contributed by atoms with Gasteiger partial charge in [-0.3, -0.25) is 0 Å². The van der Waals surface area contributed by atoms with Gasteiger partial charge in [-0.1, -0.05) is 0 Å². The van der Waals surface area contributed by atoms with Crippen LogP contribution in [-0.4, -0.2) is 55.2 Å². The van der Waals surface area contributed by atoms with E-state index >= 15 is 0 Å². The molecule has 0 spiro atoms. The van der Waals surface area contributed by atoms with Gasteiger partial charge in [-0.25, -0.2) is 4.79 Å². The summed E-state index contributed by atoms with van der Waals surface area (Å²) < 4.78 is 5.25. The second kappa shape index (κ2) is 5.53. The smallest absolute Gasteiger partial charge is 0.410 e. The third-order valence-electron chi connectivity index (χ3n) is 3.63. The second-order valence-electron chi connectivity index (χ2n) is 4.90. The van der Waals surface area contributed by atoms with E-state index in [9.17, 15) is 4.79 Å². The summed E-state index contributed by atoms with van der Waals surface area (Å²) in [4.78, 5) is 16.1. The van der Waals surface area contributed by atoms with Crippen LogP contribution in [0.3, 0.4) is 0 Å². The van der Waals surface area contributed by atoms with Gasteiger partial charge in [0, 0.05) is 12.6 Å². The van der Waals surface area contributed by atoms with Gasteiger partial charge < -0.3 is 14.5 Å². The summed E-state index contributed by atoms with van der Waals surface area (Å²) >= 11 is 0. The minimum absolute atomic E-state index is 0.0887. The molecule has 0 aliphatic carbocycles. The SMILES string of the molecule is CN1CCC(N2CCCCCOC2=O)CC1. The van der Waals surface area contributed by atoms with E-state index in [1.807, 2.05) is 4.90 Å². The van der Waals surface area contributed by atoms with Crippen LogP contribution in [0.5, 0.6) is 0 Å². The number of cyclic esters (lactones) is 1. The summed E-state index contributed by atoms with van der Waals surface area (Å²) in [6.07, 6.45) is 5.41. The molecule has 0 saturated carbocycles. The first-order valence-electron chi connectivity index (χ1n) is 6.39. The number of likely N-dealkylation sites (tertiary alicyclic amines) is 1. The minimum Gasteiger partial charge on any atom is -0.449 e. The first-order chi connectivity index (χ1) is 7.77. The minimum atomic E-state index is -0.0887. The van der Waals surface area contributed by atoms with E-state index in [2.05, 4.69) is 11.9 Å². The van der Waals surface area contributed by atoms with E-state index < -0.39 is 0 Å². The van der Waals surface area contributed by atoms with Crippen molar-refractivity contribution < 1.29 is 9.53 Å². The van der Waals surface area contributed by atoms with E-state index in [-0.39, 0.29) is 6.09 Å². The normalized spacial score (nSPS) is 26.1. The predicted octanol–water partition coefficient (Wildman–Crippen LogP) is 1.70. The number of rotatable bonds is 1. The highest BCUT2D eigenvalue weighted by atomic mass is 16.6. The van der Waals surface area contributed by atoms with Crippen LogP contribution in [0.2, 0.25) is 0 Å². The van der Waals surface area contributed by atoms with Crippen LogP contribution in [0.15, 0.2) is 0 Å². The highest BCUT2D eigenvalue weighted by molar-refractivity contribution is 5.68. The number of nitrogens with zero attached hydrogens (tertiary/aromatic N) is 2. The quantitative estimate of drug-likeness (QED) is 0.682. The highest BCUT2D eigenvalue weighted by Crippen LogP contribution is 2.19. The van der Waals surface area contributed by atoms with Crippen molar-refractivity contribution in [1.82, 2.24) is 9.80 Å². The van der Waals surface area contributed by atoms with Crippen molar-refractivity contribution in [2.45, 2.75) is 38.1 Å². The van der Waals surface area contributed by atoms with E-state index in [1.165, 1.54) is 6.42 Å². The second-order valence-corrected chi connectivity index (χ2v) is 4.90. The van der Waals surface area contributed by atoms with Crippen molar-refractivity contribution in [3.05, 3.63) is 0 Å². The van der Waals surface area contributed by atoms with Gasteiger partial charge in [0.05, 0.1) is 6.61 Å². The van der Waals surface area contributed by atoms with Crippen molar-refractivity contribution in [1.29, 1.82) is 0 Å². The van der Waals surface area contributed by atoms with E-state index in [4.69, 9.17) is 4.74 Å². The Morgan fingerprint density at radius 2 is 1.88 bits per heavy atom. The Balaban J connectivity index is 1.91. The Morgan fingerprint density at radius 1 is 1.12 bits per heavy atom. The summed E-state index contributed by atoms with van der Waals surface area (Å²) in [6.45, 7) is 3.66. The Bertz CT molecular complexity index is 237. The molecule has 4 nitrogen and oxygen atoms in total. The molecule has 0 aromatic heterocycles. The lowest BCUT2D eigenvalue weighted by Gasteiger charge is -2.37. The number of piperidine rings is 1. The zero-order valence-corrected chi connectivity index (χ0v) is 10.2. The van der Waals surface area contributed by atoms with E-state index in [0.29, 0.717) is 12.6 Å². The van der Waals surface area contributed by atoms with Crippen LogP contribution in [0, 0.1) is 0 Å². The topological polar surface area (TPSA) is 32.8 Å². The summed E-state index contributed by atoms with van der Waals surface area (Å²) in [7, 11) is 2.14. The van der Waals surface area contributed by atoms with E-state index in [1.54, 1.807) is 0 Å². The first-order valence-corrected chi connectivity index (χ1v) is 6.39. The van der Waals surface area contributed by atoms with Crippen LogP contribution in [0.4, 0.5) is 4.79 Å². The lowest BCUT2D eigenvalue weighted by Crippen LogP contribution is -2.47. The summed E-state index contributed by atoms with van der Waals surface area (Å²) in [5.74, 6) is 0. The first kappa shape index (κ1) is 11.7. The highest BCUT2D eigenvalue weighted by Gasteiger charge is 2.28. The fraction of sp³-hybridized carbons (Fsp3) is 0.917. The van der Waals surface area contributed by atoms with E-state index in [0.717, 1.165) is 45.3 Å². The average Bonchev–Trinajstić information content (AvgIpc) is 2.26. The van der Waals surface area contributed by atoms with Gasteiger partial charge in [0.15, 0.2) is 0 Å². The summed E-state index contributed by atoms with van der Waals surface area (Å²) in [5.41, 5.74) is 0. The Kier molecular flexibility index (Phi) is 4.04.